The summed E-state index contributed by atoms with van der Waals surface area (Å²) in [6.07, 6.45) is 0. The smallest absolute Gasteiger partial charge is 0.262 e. The van der Waals surface area contributed by atoms with Crippen molar-refractivity contribution in [3.63, 3.8) is 0 Å². The van der Waals surface area contributed by atoms with E-state index < -0.39 is 10.0 Å². The number of sulfonamides is 1. The van der Waals surface area contributed by atoms with Crippen LogP contribution in [0.3, 0.4) is 0 Å². The molecule has 0 fully saturated rings. The first-order valence-electron chi connectivity index (χ1n) is 7.58. The summed E-state index contributed by atoms with van der Waals surface area (Å²) in [5, 5.41) is 2.68. The standard InChI is InChI=1S/C18H22N2O3S/c1-11-6-12(2)8-17(7-11)20-24(22,23)18-13(3)9-16(10-14(18)4)19-15(5)21/h6-10,20H,1-5H3,(H,19,21). The van der Waals surface area contributed by atoms with Gasteiger partial charge < -0.3 is 5.32 Å². The third-order valence-corrected chi connectivity index (χ3v) is 5.21. The summed E-state index contributed by atoms with van der Waals surface area (Å²) in [5.41, 5.74) is 4.26. The lowest BCUT2D eigenvalue weighted by molar-refractivity contribution is -0.114. The second-order valence-corrected chi connectivity index (χ2v) is 7.72. The number of amides is 1. The average molecular weight is 346 g/mol. The van der Waals surface area contributed by atoms with E-state index in [-0.39, 0.29) is 10.8 Å². The molecule has 0 atom stereocenters. The molecule has 0 heterocycles. The van der Waals surface area contributed by atoms with E-state index in [1.165, 1.54) is 6.92 Å². The second kappa shape index (κ2) is 6.65. The molecule has 0 saturated heterocycles. The lowest BCUT2D eigenvalue weighted by atomic mass is 10.1. The summed E-state index contributed by atoms with van der Waals surface area (Å²) in [6, 6.07) is 8.88. The number of aryl methyl sites for hydroxylation is 4. The quantitative estimate of drug-likeness (QED) is 0.887. The Morgan fingerprint density at radius 2 is 1.33 bits per heavy atom. The Balaban J connectivity index is 2.44. The molecule has 0 aliphatic carbocycles. The SMILES string of the molecule is CC(=O)Nc1cc(C)c(S(=O)(=O)Nc2cc(C)cc(C)c2)c(C)c1. The zero-order chi connectivity index (χ0) is 18.1. The molecule has 0 aliphatic heterocycles. The number of carbonyl (C=O) groups is 1. The van der Waals surface area contributed by atoms with Crippen LogP contribution >= 0.6 is 0 Å². The summed E-state index contributed by atoms with van der Waals surface area (Å²) >= 11 is 0. The molecule has 6 heteroatoms. The highest BCUT2D eigenvalue weighted by atomic mass is 32.2. The van der Waals surface area contributed by atoms with Gasteiger partial charge in [0.15, 0.2) is 0 Å². The number of nitrogens with one attached hydrogen (secondary N) is 2. The predicted molar refractivity (Wildman–Crippen MR) is 96.9 cm³/mol. The zero-order valence-electron chi connectivity index (χ0n) is 14.5. The summed E-state index contributed by atoms with van der Waals surface area (Å²) in [4.78, 5) is 11.4. The molecule has 2 rings (SSSR count). The highest BCUT2D eigenvalue weighted by Crippen LogP contribution is 2.27. The predicted octanol–water partition coefficient (Wildman–Crippen LogP) is 3.68. The van der Waals surface area contributed by atoms with Crippen LogP contribution in [0.5, 0.6) is 0 Å². The highest BCUT2D eigenvalue weighted by Gasteiger charge is 2.21. The first-order chi connectivity index (χ1) is 11.1. The van der Waals surface area contributed by atoms with Crippen molar-refractivity contribution in [2.24, 2.45) is 0 Å². The second-order valence-electron chi connectivity index (χ2n) is 6.10. The summed E-state index contributed by atoms with van der Waals surface area (Å²) in [5.74, 6) is -0.197. The Morgan fingerprint density at radius 3 is 1.79 bits per heavy atom. The Labute approximate surface area is 143 Å². The van der Waals surface area contributed by atoms with E-state index in [1.807, 2.05) is 19.9 Å². The first-order valence-corrected chi connectivity index (χ1v) is 9.07. The van der Waals surface area contributed by atoms with E-state index in [9.17, 15) is 13.2 Å². The van der Waals surface area contributed by atoms with Gasteiger partial charge in [0.25, 0.3) is 10.0 Å². The van der Waals surface area contributed by atoms with Gasteiger partial charge in [0.05, 0.1) is 4.90 Å². The lowest BCUT2D eigenvalue weighted by Gasteiger charge is -2.15. The number of rotatable bonds is 4. The number of anilines is 2. The largest absolute Gasteiger partial charge is 0.326 e. The number of hydrogen-bond donors (Lipinski definition) is 2. The fourth-order valence-electron chi connectivity index (χ4n) is 2.89. The molecule has 0 unspecified atom stereocenters. The Hall–Kier alpha value is -2.34. The van der Waals surface area contributed by atoms with E-state index in [0.717, 1.165) is 11.1 Å². The van der Waals surface area contributed by atoms with Gasteiger partial charge in [-0.25, -0.2) is 8.42 Å². The van der Waals surface area contributed by atoms with E-state index in [2.05, 4.69) is 10.0 Å². The van der Waals surface area contributed by atoms with Crippen molar-refractivity contribution in [1.82, 2.24) is 0 Å². The van der Waals surface area contributed by atoms with Crippen molar-refractivity contribution in [1.29, 1.82) is 0 Å². The van der Waals surface area contributed by atoms with Crippen molar-refractivity contribution in [2.75, 3.05) is 10.0 Å². The van der Waals surface area contributed by atoms with Gasteiger partial charge in [-0.2, -0.15) is 0 Å². The summed E-state index contributed by atoms with van der Waals surface area (Å²) in [6.45, 7) is 8.69. The summed E-state index contributed by atoms with van der Waals surface area (Å²) < 4.78 is 28.2. The van der Waals surface area contributed by atoms with Crippen LogP contribution in [-0.4, -0.2) is 14.3 Å². The van der Waals surface area contributed by atoms with Crippen molar-refractivity contribution < 1.29 is 13.2 Å². The van der Waals surface area contributed by atoms with Crippen LogP contribution in [-0.2, 0) is 14.8 Å². The van der Waals surface area contributed by atoms with E-state index >= 15 is 0 Å². The molecule has 0 aliphatic rings. The molecule has 2 N–H and O–H groups in total. The van der Waals surface area contributed by atoms with Crippen molar-refractivity contribution in [3.8, 4) is 0 Å². The van der Waals surface area contributed by atoms with Crippen molar-refractivity contribution in [2.45, 2.75) is 39.5 Å². The van der Waals surface area contributed by atoms with Crippen LogP contribution in [0.2, 0.25) is 0 Å². The molecule has 0 aromatic heterocycles. The van der Waals surface area contributed by atoms with Crippen LogP contribution in [0, 0.1) is 27.7 Å². The third kappa shape index (κ3) is 4.14. The minimum absolute atomic E-state index is 0.197. The van der Waals surface area contributed by atoms with Crippen LogP contribution < -0.4 is 10.0 Å². The third-order valence-electron chi connectivity index (χ3n) is 3.52. The molecule has 24 heavy (non-hydrogen) atoms. The molecule has 128 valence electrons. The van der Waals surface area contributed by atoms with Gasteiger partial charge >= 0.3 is 0 Å². The summed E-state index contributed by atoms with van der Waals surface area (Å²) in [7, 11) is -3.72. The Kier molecular flexibility index (Phi) is 4.99. The average Bonchev–Trinajstić information content (AvgIpc) is 2.33. The van der Waals surface area contributed by atoms with Crippen LogP contribution in [0.1, 0.15) is 29.2 Å². The minimum atomic E-state index is -3.72. The molecule has 2 aromatic carbocycles. The molecule has 0 bridgehead atoms. The fraction of sp³-hybridized carbons (Fsp3) is 0.278. The van der Waals surface area contributed by atoms with Gasteiger partial charge in [0.1, 0.15) is 0 Å². The number of hydrogen-bond acceptors (Lipinski definition) is 3. The molecule has 0 saturated carbocycles. The van der Waals surface area contributed by atoms with Crippen molar-refractivity contribution in [3.05, 3.63) is 52.6 Å². The maximum Gasteiger partial charge on any atom is 0.262 e. The Bertz CT molecular complexity index is 859. The number of benzene rings is 2. The first kappa shape index (κ1) is 18.0. The van der Waals surface area contributed by atoms with Gasteiger partial charge in [-0.05, 0) is 74.2 Å². The van der Waals surface area contributed by atoms with Gasteiger partial charge in [-0.1, -0.05) is 6.07 Å². The van der Waals surface area contributed by atoms with E-state index in [0.29, 0.717) is 22.5 Å². The Morgan fingerprint density at radius 1 is 0.833 bits per heavy atom. The molecule has 2 aromatic rings. The monoisotopic (exact) mass is 346 g/mol. The van der Waals surface area contributed by atoms with E-state index in [1.54, 1.807) is 38.1 Å². The van der Waals surface area contributed by atoms with Gasteiger partial charge in [0, 0.05) is 18.3 Å². The molecule has 0 radical (unpaired) electrons. The van der Waals surface area contributed by atoms with Crippen LogP contribution in [0.25, 0.3) is 0 Å². The normalized spacial score (nSPS) is 11.2. The maximum atomic E-state index is 12.8. The van der Waals surface area contributed by atoms with Crippen molar-refractivity contribution >= 4 is 27.3 Å². The zero-order valence-corrected chi connectivity index (χ0v) is 15.3. The minimum Gasteiger partial charge on any atom is -0.326 e. The maximum absolute atomic E-state index is 12.8. The van der Waals surface area contributed by atoms with E-state index in [4.69, 9.17) is 0 Å². The molecule has 5 nitrogen and oxygen atoms in total. The number of carbonyl (C=O) groups excluding carboxylic acids is 1. The fourth-order valence-corrected chi connectivity index (χ4v) is 4.39. The van der Waals surface area contributed by atoms with Gasteiger partial charge in [-0.3, -0.25) is 9.52 Å². The molecular formula is C18H22N2O3S. The molecule has 1 amide bonds. The lowest BCUT2D eigenvalue weighted by Crippen LogP contribution is -2.16. The van der Waals surface area contributed by atoms with Gasteiger partial charge in [0.2, 0.25) is 5.91 Å². The van der Waals surface area contributed by atoms with Crippen LogP contribution in [0.4, 0.5) is 11.4 Å². The highest BCUT2D eigenvalue weighted by molar-refractivity contribution is 7.92. The van der Waals surface area contributed by atoms with Gasteiger partial charge in [-0.15, -0.1) is 0 Å². The molecular weight excluding hydrogens is 324 g/mol. The van der Waals surface area contributed by atoms with Crippen LogP contribution in [0.15, 0.2) is 35.2 Å². The topological polar surface area (TPSA) is 75.3 Å². The molecule has 0 spiro atoms.